The number of carbonyl (C=O) groups excluding carboxylic acids is 1. The van der Waals surface area contributed by atoms with Crippen LogP contribution in [0.4, 0.5) is 4.79 Å². The molecule has 0 saturated carbocycles. The van der Waals surface area contributed by atoms with Crippen LogP contribution >= 0.6 is 0 Å². The van der Waals surface area contributed by atoms with Crippen LogP contribution in [-0.2, 0) is 6.54 Å². The number of nitrogens with two attached hydrogens (primary N) is 1. The zero-order valence-corrected chi connectivity index (χ0v) is 13.7. The van der Waals surface area contributed by atoms with Crippen molar-refractivity contribution in [3.8, 4) is 16.9 Å². The second-order valence-corrected chi connectivity index (χ2v) is 5.86. The molecule has 3 N–H and O–H groups in total. The Balaban J connectivity index is 2.16. The van der Waals surface area contributed by atoms with E-state index in [9.17, 15) is 4.79 Å². The maximum atomic E-state index is 12.0. The van der Waals surface area contributed by atoms with Gasteiger partial charge in [-0.3, -0.25) is 0 Å². The summed E-state index contributed by atoms with van der Waals surface area (Å²) in [4.78, 5) is 12.0. The van der Waals surface area contributed by atoms with E-state index < -0.39 is 6.09 Å². The van der Waals surface area contributed by atoms with Crippen LogP contribution in [0.25, 0.3) is 11.1 Å². The molecule has 2 aromatic carbocycles. The van der Waals surface area contributed by atoms with E-state index in [1.165, 1.54) is 0 Å². The zero-order chi connectivity index (χ0) is 16.7. The Hall–Kier alpha value is -2.33. The number of hydrogen-bond acceptors (Lipinski definition) is 3. The van der Waals surface area contributed by atoms with Crippen molar-refractivity contribution in [3.05, 3.63) is 54.1 Å². The number of nitrogens with one attached hydrogen (secondary N) is 1. The largest absolute Gasteiger partial charge is 0.412 e. The Morgan fingerprint density at radius 2 is 1.74 bits per heavy atom. The van der Waals surface area contributed by atoms with E-state index in [1.807, 2.05) is 42.5 Å². The molecule has 4 heteroatoms. The lowest BCUT2D eigenvalue weighted by Crippen LogP contribution is -2.28. The molecular weight excluding hydrogens is 288 g/mol. The molecule has 4 nitrogen and oxygen atoms in total. The number of amides is 1. The van der Waals surface area contributed by atoms with Gasteiger partial charge in [-0.1, -0.05) is 56.3 Å². The fourth-order valence-electron chi connectivity index (χ4n) is 2.34. The van der Waals surface area contributed by atoms with Crippen LogP contribution in [-0.4, -0.2) is 12.6 Å². The zero-order valence-electron chi connectivity index (χ0n) is 13.7. The third kappa shape index (κ3) is 4.83. The lowest BCUT2D eigenvalue weighted by atomic mass is 9.99. The summed E-state index contributed by atoms with van der Waals surface area (Å²) >= 11 is 0. The lowest BCUT2D eigenvalue weighted by Gasteiger charge is -2.13. The summed E-state index contributed by atoms with van der Waals surface area (Å²) in [6.45, 7) is 5.28. The number of carbonyl (C=O) groups is 1. The first kappa shape index (κ1) is 17.0. The average Bonchev–Trinajstić information content (AvgIpc) is 2.55. The van der Waals surface area contributed by atoms with Gasteiger partial charge in [0.05, 0.1) is 0 Å². The predicted octanol–water partition coefficient (Wildman–Crippen LogP) is 3.95. The summed E-state index contributed by atoms with van der Waals surface area (Å²) in [5.74, 6) is 1.08. The van der Waals surface area contributed by atoms with Crippen molar-refractivity contribution in [2.75, 3.05) is 6.54 Å². The topological polar surface area (TPSA) is 64.3 Å². The van der Waals surface area contributed by atoms with Crippen molar-refractivity contribution in [1.29, 1.82) is 0 Å². The van der Waals surface area contributed by atoms with Gasteiger partial charge in [0.25, 0.3) is 0 Å². The third-order valence-corrected chi connectivity index (χ3v) is 3.61. The van der Waals surface area contributed by atoms with Gasteiger partial charge in [-0.05, 0) is 29.5 Å². The number of hydrogen-bond donors (Lipinski definition) is 2. The summed E-state index contributed by atoms with van der Waals surface area (Å²) in [7, 11) is 0. The standard InChI is InChI=1S/C19H24N2O2/c1-14(2)11-12-21-19(22)23-18-10-6-5-9-17(18)16-8-4-3-7-15(16)13-20/h3-10,14H,11-13,20H2,1-2H3,(H,21,22). The Bertz CT molecular complexity index is 653. The van der Waals surface area contributed by atoms with Gasteiger partial charge in [0.15, 0.2) is 0 Å². The number of rotatable bonds is 6. The fraction of sp³-hybridized carbons (Fsp3) is 0.316. The third-order valence-electron chi connectivity index (χ3n) is 3.61. The number of para-hydroxylation sites is 1. The van der Waals surface area contributed by atoms with E-state index in [0.29, 0.717) is 24.8 Å². The maximum absolute atomic E-state index is 12.0. The van der Waals surface area contributed by atoms with Crippen molar-refractivity contribution in [1.82, 2.24) is 5.32 Å². The molecule has 2 rings (SSSR count). The van der Waals surface area contributed by atoms with Crippen molar-refractivity contribution in [3.63, 3.8) is 0 Å². The minimum absolute atomic E-state index is 0.427. The first-order chi connectivity index (χ1) is 11.1. The molecule has 0 aliphatic carbocycles. The number of ether oxygens (including phenoxy) is 1. The summed E-state index contributed by atoms with van der Waals surface area (Å²) in [5.41, 5.74) is 8.69. The van der Waals surface area contributed by atoms with Gasteiger partial charge < -0.3 is 15.8 Å². The number of benzene rings is 2. The Morgan fingerprint density at radius 1 is 1.09 bits per heavy atom. The van der Waals surface area contributed by atoms with Crippen molar-refractivity contribution in [2.24, 2.45) is 11.7 Å². The monoisotopic (exact) mass is 312 g/mol. The highest BCUT2D eigenvalue weighted by Gasteiger charge is 2.12. The maximum Gasteiger partial charge on any atom is 0.412 e. The van der Waals surface area contributed by atoms with Crippen LogP contribution in [0.2, 0.25) is 0 Å². The molecule has 0 fully saturated rings. The molecule has 0 atom stereocenters. The Kier molecular flexibility index (Phi) is 6.18. The van der Waals surface area contributed by atoms with E-state index in [0.717, 1.165) is 23.1 Å². The molecule has 0 aliphatic heterocycles. The fourth-order valence-corrected chi connectivity index (χ4v) is 2.34. The SMILES string of the molecule is CC(C)CCNC(=O)Oc1ccccc1-c1ccccc1CN. The van der Waals surface area contributed by atoms with Gasteiger partial charge in [-0.2, -0.15) is 0 Å². The quantitative estimate of drug-likeness (QED) is 0.849. The van der Waals surface area contributed by atoms with Gasteiger partial charge >= 0.3 is 6.09 Å². The molecule has 23 heavy (non-hydrogen) atoms. The van der Waals surface area contributed by atoms with Crippen molar-refractivity contribution < 1.29 is 9.53 Å². The molecule has 0 aliphatic rings. The van der Waals surface area contributed by atoms with Crippen molar-refractivity contribution >= 4 is 6.09 Å². The van der Waals surface area contributed by atoms with Crippen LogP contribution in [0.1, 0.15) is 25.8 Å². The molecule has 1 amide bonds. The minimum atomic E-state index is -0.427. The highest BCUT2D eigenvalue weighted by molar-refractivity contribution is 5.78. The molecule has 0 unspecified atom stereocenters. The summed E-state index contributed by atoms with van der Waals surface area (Å²) in [5, 5.41) is 2.78. The first-order valence-electron chi connectivity index (χ1n) is 7.95. The molecule has 2 aromatic rings. The van der Waals surface area contributed by atoms with Gasteiger partial charge in [-0.25, -0.2) is 4.79 Å². The second-order valence-electron chi connectivity index (χ2n) is 5.86. The molecule has 0 saturated heterocycles. The highest BCUT2D eigenvalue weighted by Crippen LogP contribution is 2.32. The van der Waals surface area contributed by atoms with Gasteiger partial charge in [0.1, 0.15) is 5.75 Å². The van der Waals surface area contributed by atoms with E-state index >= 15 is 0 Å². The van der Waals surface area contributed by atoms with E-state index in [2.05, 4.69) is 19.2 Å². The van der Waals surface area contributed by atoms with Crippen LogP contribution < -0.4 is 15.8 Å². The Morgan fingerprint density at radius 3 is 2.43 bits per heavy atom. The molecule has 0 spiro atoms. The molecule has 122 valence electrons. The van der Waals surface area contributed by atoms with Crippen LogP contribution in [0.15, 0.2) is 48.5 Å². The summed E-state index contributed by atoms with van der Waals surface area (Å²) < 4.78 is 5.49. The van der Waals surface area contributed by atoms with Crippen LogP contribution in [0.5, 0.6) is 5.75 Å². The van der Waals surface area contributed by atoms with E-state index in [-0.39, 0.29) is 0 Å². The van der Waals surface area contributed by atoms with Gasteiger partial charge in [0.2, 0.25) is 0 Å². The first-order valence-corrected chi connectivity index (χ1v) is 7.95. The Labute approximate surface area is 137 Å². The molecule has 0 radical (unpaired) electrons. The smallest absolute Gasteiger partial charge is 0.410 e. The van der Waals surface area contributed by atoms with E-state index in [4.69, 9.17) is 10.5 Å². The normalized spacial score (nSPS) is 10.6. The molecule has 0 bridgehead atoms. The highest BCUT2D eigenvalue weighted by atomic mass is 16.6. The summed E-state index contributed by atoms with van der Waals surface area (Å²) in [6.07, 6.45) is 0.496. The second kappa shape index (κ2) is 8.34. The summed E-state index contributed by atoms with van der Waals surface area (Å²) in [6, 6.07) is 15.4. The van der Waals surface area contributed by atoms with Crippen molar-refractivity contribution in [2.45, 2.75) is 26.8 Å². The van der Waals surface area contributed by atoms with Crippen LogP contribution in [0.3, 0.4) is 0 Å². The van der Waals surface area contributed by atoms with Crippen LogP contribution in [0, 0.1) is 5.92 Å². The molecular formula is C19H24N2O2. The lowest BCUT2D eigenvalue weighted by molar-refractivity contribution is 0.200. The van der Waals surface area contributed by atoms with Gasteiger partial charge in [-0.15, -0.1) is 0 Å². The van der Waals surface area contributed by atoms with E-state index in [1.54, 1.807) is 6.07 Å². The predicted molar refractivity (Wildman–Crippen MR) is 93.3 cm³/mol. The molecule has 0 aromatic heterocycles. The van der Waals surface area contributed by atoms with Gasteiger partial charge in [0, 0.05) is 18.7 Å². The average molecular weight is 312 g/mol. The minimum Gasteiger partial charge on any atom is -0.410 e. The molecule has 0 heterocycles.